The van der Waals surface area contributed by atoms with Crippen LogP contribution in [0.15, 0.2) is 66.7 Å². The Bertz CT molecular complexity index is 1230. The second-order valence-corrected chi connectivity index (χ2v) is 12.2. The SMILES string of the molecule is CC1CCC(CO)CC1.CCCCOc1cccc(CO)c1.CCCOc1cc(F)ccc1OCCO.CCCOc1cccc(OCCO)c1. The van der Waals surface area contributed by atoms with Crippen molar-refractivity contribution in [2.45, 2.75) is 85.7 Å². The number of hydrogen-bond donors (Lipinski definition) is 4. The van der Waals surface area contributed by atoms with E-state index >= 15 is 0 Å². The molecule has 0 unspecified atom stereocenters. The second kappa shape index (κ2) is 30.1. The van der Waals surface area contributed by atoms with E-state index in [0.717, 1.165) is 61.0 Å². The summed E-state index contributed by atoms with van der Waals surface area (Å²) in [7, 11) is 0. The number of halogens is 1. The molecule has 3 aromatic rings. The predicted octanol–water partition coefficient (Wildman–Crippen LogP) is 7.99. The van der Waals surface area contributed by atoms with Gasteiger partial charge in [0.15, 0.2) is 11.5 Å². The van der Waals surface area contributed by atoms with Gasteiger partial charge in [-0.15, -0.1) is 0 Å². The first-order valence-corrected chi connectivity index (χ1v) is 18.4. The zero-order chi connectivity index (χ0) is 37.5. The third kappa shape index (κ3) is 22.1. The first-order chi connectivity index (χ1) is 24.8. The first-order valence-electron chi connectivity index (χ1n) is 18.4. The number of aliphatic hydroxyl groups is 4. The highest BCUT2D eigenvalue weighted by molar-refractivity contribution is 5.40. The summed E-state index contributed by atoms with van der Waals surface area (Å²) in [6, 6.07) is 19.1. The maximum Gasteiger partial charge on any atom is 0.164 e. The van der Waals surface area contributed by atoms with Crippen LogP contribution in [-0.4, -0.2) is 73.3 Å². The molecule has 4 rings (SSSR count). The first kappa shape index (κ1) is 45.5. The Morgan fingerprint density at radius 2 is 1.14 bits per heavy atom. The van der Waals surface area contributed by atoms with E-state index in [9.17, 15) is 4.39 Å². The molecule has 0 spiro atoms. The van der Waals surface area contributed by atoms with E-state index in [1.807, 2.05) is 55.5 Å². The molecule has 1 aliphatic rings. The van der Waals surface area contributed by atoms with Gasteiger partial charge in [-0.1, -0.05) is 65.2 Å². The van der Waals surface area contributed by atoms with Crippen molar-refractivity contribution >= 4 is 0 Å². The summed E-state index contributed by atoms with van der Waals surface area (Å²) in [5.74, 6) is 4.39. The minimum atomic E-state index is -0.363. The van der Waals surface area contributed by atoms with Gasteiger partial charge in [0.1, 0.15) is 36.3 Å². The third-order valence-corrected chi connectivity index (χ3v) is 7.60. The molecule has 0 heterocycles. The van der Waals surface area contributed by atoms with Crippen molar-refractivity contribution in [2.24, 2.45) is 11.8 Å². The molecule has 1 saturated carbocycles. The van der Waals surface area contributed by atoms with Crippen molar-refractivity contribution in [3.05, 3.63) is 78.1 Å². The fourth-order valence-corrected chi connectivity index (χ4v) is 4.70. The Balaban J connectivity index is 0.000000345. The molecule has 0 bridgehead atoms. The van der Waals surface area contributed by atoms with Crippen LogP contribution in [0.25, 0.3) is 0 Å². The van der Waals surface area contributed by atoms with Crippen molar-refractivity contribution in [2.75, 3.05) is 52.9 Å². The van der Waals surface area contributed by atoms with Gasteiger partial charge in [0.2, 0.25) is 0 Å². The molecule has 0 radical (unpaired) electrons. The predicted molar refractivity (Wildman–Crippen MR) is 201 cm³/mol. The Morgan fingerprint density at radius 3 is 1.73 bits per heavy atom. The highest BCUT2D eigenvalue weighted by atomic mass is 19.1. The van der Waals surface area contributed by atoms with Gasteiger partial charge >= 0.3 is 0 Å². The van der Waals surface area contributed by atoms with Gasteiger partial charge in [0, 0.05) is 18.7 Å². The Hall–Kier alpha value is -3.57. The quantitative estimate of drug-likeness (QED) is 0.0968. The molecule has 9 nitrogen and oxygen atoms in total. The maximum atomic E-state index is 12.9. The minimum Gasteiger partial charge on any atom is -0.494 e. The standard InChI is InChI=1S/C11H15FO3.C11H16O3.C11H16O2.C8H16O/c1-2-6-14-11-8-9(12)3-4-10(11)15-7-5-13;1-2-7-13-10-4-3-5-11(9-10)14-8-6-12;1-2-3-7-13-11-6-4-5-10(8-11)9-12;1-7-2-4-8(6-9)5-3-7/h3-4,8,13H,2,5-7H2,1H3;3-5,9,12H,2,6-8H2,1H3;4-6,8,12H,2-3,7,9H2,1H3;7-9H,2-6H2,1H3. The molecule has 4 N–H and O–H groups in total. The van der Waals surface area contributed by atoms with Gasteiger partial charge in [0.05, 0.1) is 39.6 Å². The number of benzene rings is 3. The topological polar surface area (TPSA) is 127 Å². The molecule has 288 valence electrons. The zero-order valence-electron chi connectivity index (χ0n) is 31.2. The van der Waals surface area contributed by atoms with Gasteiger partial charge in [0.25, 0.3) is 0 Å². The summed E-state index contributed by atoms with van der Waals surface area (Å²) < 4.78 is 39.6. The molecule has 1 fully saturated rings. The fourth-order valence-electron chi connectivity index (χ4n) is 4.70. The lowest BCUT2D eigenvalue weighted by atomic mass is 9.84. The van der Waals surface area contributed by atoms with Gasteiger partial charge in [-0.2, -0.15) is 0 Å². The monoisotopic (exact) mass is 718 g/mol. The largest absolute Gasteiger partial charge is 0.494 e. The molecule has 0 aromatic heterocycles. The summed E-state index contributed by atoms with van der Waals surface area (Å²) in [4.78, 5) is 0. The summed E-state index contributed by atoms with van der Waals surface area (Å²) in [6.45, 7) is 11.4. The van der Waals surface area contributed by atoms with Gasteiger partial charge < -0.3 is 44.1 Å². The number of ether oxygens (including phenoxy) is 5. The summed E-state index contributed by atoms with van der Waals surface area (Å²) in [5, 5.41) is 34.8. The van der Waals surface area contributed by atoms with Crippen molar-refractivity contribution in [1.82, 2.24) is 0 Å². The van der Waals surface area contributed by atoms with Crippen LogP contribution in [-0.2, 0) is 6.61 Å². The second-order valence-electron chi connectivity index (χ2n) is 12.2. The lowest BCUT2D eigenvalue weighted by molar-refractivity contribution is 0.172. The third-order valence-electron chi connectivity index (χ3n) is 7.60. The zero-order valence-corrected chi connectivity index (χ0v) is 31.2. The molecule has 3 aromatic carbocycles. The lowest BCUT2D eigenvalue weighted by Crippen LogP contribution is -2.14. The van der Waals surface area contributed by atoms with Gasteiger partial charge in [-0.05, 0) is 85.9 Å². The number of aliphatic hydroxyl groups excluding tert-OH is 4. The van der Waals surface area contributed by atoms with Crippen LogP contribution >= 0.6 is 0 Å². The van der Waals surface area contributed by atoms with Crippen molar-refractivity contribution in [1.29, 1.82) is 0 Å². The van der Waals surface area contributed by atoms with Crippen molar-refractivity contribution in [3.8, 4) is 28.7 Å². The molecule has 0 atom stereocenters. The van der Waals surface area contributed by atoms with Crippen LogP contribution in [0.1, 0.15) is 84.6 Å². The normalized spacial score (nSPS) is 14.7. The highest BCUT2D eigenvalue weighted by Crippen LogP contribution is 2.28. The molecular weight excluding hydrogens is 655 g/mol. The number of unbranched alkanes of at least 4 members (excludes halogenated alkanes) is 1. The Morgan fingerprint density at radius 1 is 0.588 bits per heavy atom. The average Bonchev–Trinajstić information content (AvgIpc) is 3.16. The molecule has 10 heteroatoms. The number of rotatable bonds is 18. The molecule has 0 saturated heterocycles. The molecule has 1 aliphatic carbocycles. The van der Waals surface area contributed by atoms with E-state index in [2.05, 4.69) is 20.8 Å². The minimum absolute atomic E-state index is 0.0278. The van der Waals surface area contributed by atoms with Crippen LogP contribution in [0.5, 0.6) is 28.7 Å². The van der Waals surface area contributed by atoms with Crippen molar-refractivity contribution < 1.29 is 48.5 Å². The summed E-state index contributed by atoms with van der Waals surface area (Å²) in [6.07, 6.45) is 9.19. The molecule has 0 amide bonds. The van der Waals surface area contributed by atoms with Gasteiger partial charge in [-0.3, -0.25) is 0 Å². The summed E-state index contributed by atoms with van der Waals surface area (Å²) in [5.41, 5.74) is 0.897. The average molecular weight is 719 g/mol. The van der Waals surface area contributed by atoms with E-state index in [4.69, 9.17) is 44.1 Å². The van der Waals surface area contributed by atoms with Crippen molar-refractivity contribution in [3.63, 3.8) is 0 Å². The Labute approximate surface area is 305 Å². The fraction of sp³-hybridized carbons (Fsp3) is 0.561. The van der Waals surface area contributed by atoms with Crippen LogP contribution in [0.3, 0.4) is 0 Å². The van der Waals surface area contributed by atoms with E-state index in [0.29, 0.717) is 43.8 Å². The maximum absolute atomic E-state index is 12.9. The van der Waals surface area contributed by atoms with Gasteiger partial charge in [-0.25, -0.2) is 4.39 Å². The number of hydrogen-bond acceptors (Lipinski definition) is 9. The van der Waals surface area contributed by atoms with Crippen LogP contribution in [0.2, 0.25) is 0 Å². The molecule has 0 aliphatic heterocycles. The van der Waals surface area contributed by atoms with E-state index in [1.54, 1.807) is 0 Å². The lowest BCUT2D eigenvalue weighted by Gasteiger charge is -2.23. The molecular formula is C41H63FO9. The van der Waals surface area contributed by atoms with E-state index < -0.39 is 0 Å². The van der Waals surface area contributed by atoms with Crippen LogP contribution in [0.4, 0.5) is 4.39 Å². The molecule has 51 heavy (non-hydrogen) atoms. The smallest absolute Gasteiger partial charge is 0.164 e. The highest BCUT2D eigenvalue weighted by Gasteiger charge is 2.16. The van der Waals surface area contributed by atoms with E-state index in [-0.39, 0.29) is 32.2 Å². The summed E-state index contributed by atoms with van der Waals surface area (Å²) >= 11 is 0. The van der Waals surface area contributed by atoms with Crippen LogP contribution in [0, 0.1) is 17.7 Å². The van der Waals surface area contributed by atoms with E-state index in [1.165, 1.54) is 43.9 Å². The Kier molecular flexibility index (Phi) is 26.8. The van der Waals surface area contributed by atoms with Crippen LogP contribution < -0.4 is 23.7 Å².